The summed E-state index contributed by atoms with van der Waals surface area (Å²) in [5.41, 5.74) is 10.4. The summed E-state index contributed by atoms with van der Waals surface area (Å²) in [7, 11) is 2.85. The molecule has 0 spiro atoms. The molecular formula is C2H4N2S4Se. The topological polar surface area (TPSA) is 52.0 Å². The minimum atomic E-state index is 0.220. The predicted molar refractivity (Wildman–Crippen MR) is 54.5 cm³/mol. The molecule has 0 aliphatic heterocycles. The second-order valence-electron chi connectivity index (χ2n) is 0.873. The van der Waals surface area contributed by atoms with Crippen molar-refractivity contribution in [1.29, 1.82) is 0 Å². The van der Waals surface area contributed by atoms with Gasteiger partial charge in [-0.25, -0.2) is 0 Å². The van der Waals surface area contributed by atoms with Gasteiger partial charge in [0.15, 0.2) is 0 Å². The van der Waals surface area contributed by atoms with E-state index < -0.39 is 0 Å². The molecule has 0 heterocycles. The average Bonchev–Trinajstić information content (AvgIpc) is 1.63. The fraction of sp³-hybridized carbons (Fsp3) is 0. The van der Waals surface area contributed by atoms with Crippen LogP contribution in [0.5, 0.6) is 0 Å². The molecule has 0 radical (unpaired) electrons. The molecular weight excluding hydrogens is 259 g/mol. The number of nitrogens with two attached hydrogens (primary N) is 2. The Morgan fingerprint density at radius 3 is 1.67 bits per heavy atom. The van der Waals surface area contributed by atoms with Crippen LogP contribution in [-0.4, -0.2) is 21.4 Å². The Balaban J connectivity index is 3.10. The molecule has 0 unspecified atom stereocenters. The van der Waals surface area contributed by atoms with Gasteiger partial charge in [0.25, 0.3) is 0 Å². The van der Waals surface area contributed by atoms with Crippen molar-refractivity contribution < 1.29 is 0 Å². The molecule has 0 saturated heterocycles. The third kappa shape index (κ3) is 9.00. The van der Waals surface area contributed by atoms with Crippen molar-refractivity contribution in [2.45, 2.75) is 0 Å². The summed E-state index contributed by atoms with van der Waals surface area (Å²) in [5.74, 6) is 0. The summed E-state index contributed by atoms with van der Waals surface area (Å²) in [6.45, 7) is 0. The Hall–Kier alpha value is 0.999. The third-order valence-electron chi connectivity index (χ3n) is 0.232. The number of rotatable bonds is 2. The second-order valence-corrected chi connectivity index (χ2v) is 8.69. The van der Waals surface area contributed by atoms with Crippen LogP contribution < -0.4 is 11.5 Å². The first kappa shape index (κ1) is 10.00. The van der Waals surface area contributed by atoms with Gasteiger partial charge < -0.3 is 0 Å². The Morgan fingerprint density at radius 1 is 1.11 bits per heavy atom. The van der Waals surface area contributed by atoms with E-state index in [2.05, 4.69) is 24.4 Å². The molecule has 0 fully saturated rings. The molecule has 7 heteroatoms. The molecule has 4 N–H and O–H groups in total. The van der Waals surface area contributed by atoms with Gasteiger partial charge in [0, 0.05) is 0 Å². The Kier molecular flexibility index (Phi) is 6.40. The van der Waals surface area contributed by atoms with Crippen LogP contribution >= 0.6 is 44.8 Å². The zero-order valence-electron chi connectivity index (χ0n) is 4.20. The molecule has 0 rings (SSSR count). The van der Waals surface area contributed by atoms with E-state index in [-0.39, 0.29) is 12.7 Å². The molecule has 0 aliphatic rings. The summed E-state index contributed by atoms with van der Waals surface area (Å²) in [6, 6.07) is 0. The van der Waals surface area contributed by atoms with E-state index in [0.717, 1.165) is 0 Å². The van der Waals surface area contributed by atoms with Crippen molar-refractivity contribution in [3.63, 3.8) is 0 Å². The monoisotopic (exact) mass is 264 g/mol. The van der Waals surface area contributed by atoms with Gasteiger partial charge in [-0.3, -0.25) is 0 Å². The van der Waals surface area contributed by atoms with E-state index in [1.54, 1.807) is 0 Å². The van der Waals surface area contributed by atoms with Crippen molar-refractivity contribution in [2.24, 2.45) is 11.5 Å². The standard InChI is InChI=1S/C2H4N2S4Se/c3-1(5)7-9-8-2(4)6/h(H2,3,5)(H2,4,6). The van der Waals surface area contributed by atoms with Gasteiger partial charge in [-0.05, 0) is 0 Å². The van der Waals surface area contributed by atoms with Gasteiger partial charge in [0.05, 0.1) is 0 Å². The Morgan fingerprint density at radius 2 is 1.44 bits per heavy atom. The van der Waals surface area contributed by atoms with Crippen molar-refractivity contribution in [3.8, 4) is 0 Å². The van der Waals surface area contributed by atoms with Gasteiger partial charge in [0.2, 0.25) is 0 Å². The first-order valence-electron chi connectivity index (χ1n) is 1.73. The SMILES string of the molecule is NC(=S)S[Se]SC(N)=S. The van der Waals surface area contributed by atoms with Gasteiger partial charge in [-0.2, -0.15) is 0 Å². The van der Waals surface area contributed by atoms with E-state index in [1.165, 1.54) is 20.4 Å². The molecule has 9 heavy (non-hydrogen) atoms. The maximum absolute atomic E-state index is 5.19. The van der Waals surface area contributed by atoms with Crippen LogP contribution in [0.3, 0.4) is 0 Å². The van der Waals surface area contributed by atoms with Crippen LogP contribution in [0.4, 0.5) is 0 Å². The van der Waals surface area contributed by atoms with Crippen molar-refractivity contribution in [2.75, 3.05) is 0 Å². The van der Waals surface area contributed by atoms with E-state index in [9.17, 15) is 0 Å². The van der Waals surface area contributed by atoms with Gasteiger partial charge >= 0.3 is 77.6 Å². The Bertz CT molecular complexity index is 112. The normalized spacial score (nSPS) is 8.89. The van der Waals surface area contributed by atoms with Gasteiger partial charge in [-0.15, -0.1) is 0 Å². The molecule has 0 aromatic carbocycles. The van der Waals surface area contributed by atoms with Crippen LogP contribution in [0.25, 0.3) is 0 Å². The molecule has 0 aromatic rings. The fourth-order valence-corrected chi connectivity index (χ4v) is 6.53. The molecule has 0 aliphatic carbocycles. The summed E-state index contributed by atoms with van der Waals surface area (Å²) >= 11 is 9.43. The molecule has 0 bridgehead atoms. The number of hydrogen-bond donors (Lipinski definition) is 2. The third-order valence-corrected chi connectivity index (χ3v) is 7.86. The van der Waals surface area contributed by atoms with Crippen LogP contribution in [0.1, 0.15) is 0 Å². The fourth-order valence-electron chi connectivity index (χ4n) is 0.0841. The van der Waals surface area contributed by atoms with E-state index in [0.29, 0.717) is 8.64 Å². The van der Waals surface area contributed by atoms with E-state index in [1.807, 2.05) is 0 Å². The second kappa shape index (κ2) is 5.76. The van der Waals surface area contributed by atoms with Crippen LogP contribution in [0.15, 0.2) is 0 Å². The molecule has 2 nitrogen and oxygen atoms in total. The number of thiocarbonyl (C=S) groups is 2. The van der Waals surface area contributed by atoms with Crippen LogP contribution in [0.2, 0.25) is 0 Å². The van der Waals surface area contributed by atoms with E-state index >= 15 is 0 Å². The van der Waals surface area contributed by atoms with Crippen molar-refractivity contribution in [3.05, 3.63) is 0 Å². The van der Waals surface area contributed by atoms with Gasteiger partial charge in [-0.1, -0.05) is 0 Å². The molecule has 0 saturated carbocycles. The zero-order valence-corrected chi connectivity index (χ0v) is 9.18. The maximum atomic E-state index is 5.19. The molecule has 0 amide bonds. The minimum absolute atomic E-state index is 0.220. The summed E-state index contributed by atoms with van der Waals surface area (Å²) in [6.07, 6.45) is 0. The summed E-state index contributed by atoms with van der Waals surface area (Å²) in [4.78, 5) is 0. The molecule has 0 aromatic heterocycles. The van der Waals surface area contributed by atoms with Crippen LogP contribution in [-0.2, 0) is 0 Å². The predicted octanol–water partition coefficient (Wildman–Crippen LogP) is 0.474. The molecule has 0 atom stereocenters. The first-order valence-corrected chi connectivity index (χ1v) is 8.22. The summed E-state index contributed by atoms with van der Waals surface area (Å²) < 4.78 is 0.914. The van der Waals surface area contributed by atoms with Gasteiger partial charge in [0.1, 0.15) is 0 Å². The quantitative estimate of drug-likeness (QED) is 0.558. The van der Waals surface area contributed by atoms with Crippen LogP contribution in [0, 0.1) is 0 Å². The van der Waals surface area contributed by atoms with Crippen molar-refractivity contribution >= 4 is 66.2 Å². The first-order chi connectivity index (χ1) is 4.13. The Labute approximate surface area is 77.2 Å². The van der Waals surface area contributed by atoms with E-state index in [4.69, 9.17) is 11.5 Å². The average molecular weight is 263 g/mol. The number of hydrogen-bond acceptors (Lipinski definition) is 4. The molecule has 52 valence electrons. The summed E-state index contributed by atoms with van der Waals surface area (Å²) in [5, 5.41) is 0. The zero-order chi connectivity index (χ0) is 7.28. The van der Waals surface area contributed by atoms with Crippen molar-refractivity contribution in [1.82, 2.24) is 0 Å².